The van der Waals surface area contributed by atoms with E-state index in [1.165, 1.54) is 13.2 Å². The second-order valence-corrected chi connectivity index (χ2v) is 8.11. The lowest BCUT2D eigenvalue weighted by Crippen LogP contribution is -2.24. The smallest absolute Gasteiger partial charge is 0.268 e. The Kier molecular flexibility index (Phi) is 9.06. The minimum Gasteiger partial charge on any atom is -0.501 e. The molecule has 0 spiro atoms. The monoisotopic (exact) mass is 372 g/mol. The SMILES string of the molecule is CCCCCC(CC(=O)CCC1C=CC(=O)CC(OC)=C1)S(=O)(=O)O. The van der Waals surface area contributed by atoms with E-state index in [2.05, 4.69) is 0 Å². The number of ketones is 2. The van der Waals surface area contributed by atoms with E-state index in [0.29, 0.717) is 25.0 Å². The Balaban J connectivity index is 2.59. The molecule has 0 aromatic heterocycles. The van der Waals surface area contributed by atoms with Gasteiger partial charge >= 0.3 is 0 Å². The van der Waals surface area contributed by atoms with E-state index < -0.39 is 15.4 Å². The van der Waals surface area contributed by atoms with E-state index in [4.69, 9.17) is 4.74 Å². The summed E-state index contributed by atoms with van der Waals surface area (Å²) >= 11 is 0. The van der Waals surface area contributed by atoms with Crippen LogP contribution in [0.3, 0.4) is 0 Å². The van der Waals surface area contributed by atoms with E-state index in [1.807, 2.05) is 13.0 Å². The molecule has 2 atom stereocenters. The molecule has 1 aliphatic rings. The van der Waals surface area contributed by atoms with Crippen molar-refractivity contribution in [2.45, 2.75) is 63.5 Å². The van der Waals surface area contributed by atoms with Gasteiger partial charge in [-0.15, -0.1) is 0 Å². The first-order valence-electron chi connectivity index (χ1n) is 8.70. The molecule has 2 unspecified atom stereocenters. The van der Waals surface area contributed by atoms with Crippen LogP contribution in [0.2, 0.25) is 0 Å². The Morgan fingerprint density at radius 3 is 2.72 bits per heavy atom. The number of allylic oxidation sites excluding steroid dienone is 4. The molecule has 0 saturated carbocycles. The third-order valence-corrected chi connectivity index (χ3v) is 5.55. The van der Waals surface area contributed by atoms with Crippen molar-refractivity contribution in [3.05, 3.63) is 24.0 Å². The van der Waals surface area contributed by atoms with Crippen molar-refractivity contribution in [1.82, 2.24) is 0 Å². The van der Waals surface area contributed by atoms with Crippen LogP contribution in [0.25, 0.3) is 0 Å². The van der Waals surface area contributed by atoms with E-state index in [-0.39, 0.29) is 36.7 Å². The first-order chi connectivity index (χ1) is 11.8. The predicted molar refractivity (Wildman–Crippen MR) is 95.7 cm³/mol. The van der Waals surface area contributed by atoms with Gasteiger partial charge in [-0.2, -0.15) is 8.42 Å². The molecule has 1 rings (SSSR count). The number of methoxy groups -OCH3 is 1. The summed E-state index contributed by atoms with van der Waals surface area (Å²) in [5, 5.41) is -1.03. The zero-order chi connectivity index (χ0) is 18.9. The molecule has 0 bridgehead atoms. The average molecular weight is 372 g/mol. The summed E-state index contributed by atoms with van der Waals surface area (Å²) in [5.41, 5.74) is 0. The van der Waals surface area contributed by atoms with Crippen LogP contribution in [0, 0.1) is 5.92 Å². The summed E-state index contributed by atoms with van der Waals surface area (Å²) in [6.45, 7) is 2.00. The van der Waals surface area contributed by atoms with Crippen molar-refractivity contribution in [2.24, 2.45) is 5.92 Å². The van der Waals surface area contributed by atoms with Gasteiger partial charge in [0, 0.05) is 12.8 Å². The van der Waals surface area contributed by atoms with Gasteiger partial charge in [-0.25, -0.2) is 0 Å². The Morgan fingerprint density at radius 2 is 2.12 bits per heavy atom. The number of hydrogen-bond donors (Lipinski definition) is 1. The standard InChI is InChI=1S/C18H28O6S/c1-3-4-5-6-18(25(21,22)23)13-16(20)10-8-14-7-9-15(19)12-17(11-14)24-2/h7,9,11,14,18H,3-6,8,10,12-13H2,1-2H3,(H,21,22,23). The highest BCUT2D eigenvalue weighted by atomic mass is 32.2. The second-order valence-electron chi connectivity index (χ2n) is 6.42. The largest absolute Gasteiger partial charge is 0.501 e. The fourth-order valence-electron chi connectivity index (χ4n) is 2.80. The Labute approximate surface area is 150 Å². The fraction of sp³-hybridized carbons (Fsp3) is 0.667. The number of unbranched alkanes of at least 4 members (excludes halogenated alkanes) is 2. The molecule has 0 aliphatic heterocycles. The normalized spacial score (nSPS) is 19.2. The van der Waals surface area contributed by atoms with Crippen molar-refractivity contribution in [3.63, 3.8) is 0 Å². The fourth-order valence-corrected chi connectivity index (χ4v) is 3.66. The first-order valence-corrected chi connectivity index (χ1v) is 10.2. The molecule has 7 heteroatoms. The molecule has 0 heterocycles. The minimum absolute atomic E-state index is 0.0516. The van der Waals surface area contributed by atoms with Crippen molar-refractivity contribution in [3.8, 4) is 0 Å². The maximum Gasteiger partial charge on any atom is 0.268 e. The van der Waals surface area contributed by atoms with Gasteiger partial charge in [0.15, 0.2) is 5.78 Å². The third-order valence-electron chi connectivity index (χ3n) is 4.30. The van der Waals surface area contributed by atoms with Gasteiger partial charge in [0.2, 0.25) is 0 Å². The van der Waals surface area contributed by atoms with Crippen LogP contribution in [0.15, 0.2) is 24.0 Å². The van der Waals surface area contributed by atoms with Gasteiger partial charge in [-0.3, -0.25) is 14.1 Å². The highest BCUT2D eigenvalue weighted by Crippen LogP contribution is 2.21. The summed E-state index contributed by atoms with van der Waals surface area (Å²) in [7, 11) is -2.72. The molecule has 0 aromatic carbocycles. The van der Waals surface area contributed by atoms with Crippen molar-refractivity contribution in [1.29, 1.82) is 0 Å². The van der Waals surface area contributed by atoms with Crippen LogP contribution >= 0.6 is 0 Å². The van der Waals surface area contributed by atoms with Crippen LogP contribution in [0.1, 0.15) is 58.3 Å². The zero-order valence-corrected chi connectivity index (χ0v) is 15.8. The summed E-state index contributed by atoms with van der Waals surface area (Å²) in [4.78, 5) is 23.7. The molecule has 1 N–H and O–H groups in total. The van der Waals surface area contributed by atoms with Crippen LogP contribution in [0.4, 0.5) is 0 Å². The third kappa shape index (κ3) is 8.45. The summed E-state index contributed by atoms with van der Waals surface area (Å²) in [5.74, 6) is 0.220. The Hall–Kier alpha value is -1.47. The maximum atomic E-state index is 12.2. The summed E-state index contributed by atoms with van der Waals surface area (Å²) in [6.07, 6.45) is 8.52. The molecule has 0 amide bonds. The number of hydrogen-bond acceptors (Lipinski definition) is 5. The number of carbonyl (C=O) groups excluding carboxylic acids is 2. The predicted octanol–water partition coefficient (Wildman–Crippen LogP) is 3.24. The van der Waals surface area contributed by atoms with E-state index in [0.717, 1.165) is 12.8 Å². The molecule has 0 aromatic rings. The number of Topliss-reactive ketones (excluding diaryl/α,β-unsaturated/α-hetero) is 1. The molecule has 142 valence electrons. The number of carbonyl (C=O) groups is 2. The van der Waals surface area contributed by atoms with Gasteiger partial charge in [0.05, 0.1) is 24.5 Å². The topological polar surface area (TPSA) is 97.7 Å². The molecular formula is C18H28O6S. The van der Waals surface area contributed by atoms with Gasteiger partial charge in [0.1, 0.15) is 5.78 Å². The van der Waals surface area contributed by atoms with Crippen molar-refractivity contribution >= 4 is 21.7 Å². The molecule has 0 fully saturated rings. The van der Waals surface area contributed by atoms with E-state index in [1.54, 1.807) is 6.08 Å². The summed E-state index contributed by atoms with van der Waals surface area (Å²) in [6, 6.07) is 0. The highest BCUT2D eigenvalue weighted by Gasteiger charge is 2.25. The van der Waals surface area contributed by atoms with Crippen LogP contribution < -0.4 is 0 Å². The van der Waals surface area contributed by atoms with Gasteiger partial charge in [-0.05, 0) is 30.9 Å². The number of ether oxygens (including phenoxy) is 1. The molecule has 1 aliphatic carbocycles. The summed E-state index contributed by atoms with van der Waals surface area (Å²) < 4.78 is 37.4. The van der Waals surface area contributed by atoms with Crippen LogP contribution in [-0.4, -0.2) is 36.9 Å². The van der Waals surface area contributed by atoms with Gasteiger partial charge < -0.3 is 4.74 Å². The lowest BCUT2D eigenvalue weighted by Gasteiger charge is -2.14. The van der Waals surface area contributed by atoms with Gasteiger partial charge in [0.25, 0.3) is 10.1 Å². The van der Waals surface area contributed by atoms with Gasteiger partial charge in [-0.1, -0.05) is 32.3 Å². The first kappa shape index (κ1) is 21.6. The van der Waals surface area contributed by atoms with Crippen LogP contribution in [-0.2, 0) is 24.4 Å². The zero-order valence-electron chi connectivity index (χ0n) is 14.9. The average Bonchev–Trinajstić information content (AvgIpc) is 2.72. The van der Waals surface area contributed by atoms with Crippen LogP contribution in [0.5, 0.6) is 0 Å². The second kappa shape index (κ2) is 10.5. The van der Waals surface area contributed by atoms with Crippen molar-refractivity contribution < 1.29 is 27.3 Å². The van der Waals surface area contributed by atoms with Crippen molar-refractivity contribution in [2.75, 3.05) is 7.11 Å². The Bertz CT molecular complexity index is 617. The van der Waals surface area contributed by atoms with E-state index >= 15 is 0 Å². The molecule has 0 radical (unpaired) electrons. The molecule has 6 nitrogen and oxygen atoms in total. The molecular weight excluding hydrogens is 344 g/mol. The lowest BCUT2D eigenvalue weighted by molar-refractivity contribution is -0.119. The van der Waals surface area contributed by atoms with E-state index in [9.17, 15) is 22.6 Å². The number of rotatable bonds is 11. The quantitative estimate of drug-likeness (QED) is 0.442. The highest BCUT2D eigenvalue weighted by molar-refractivity contribution is 7.86. The lowest BCUT2D eigenvalue weighted by atomic mass is 9.98. The Morgan fingerprint density at radius 1 is 1.40 bits per heavy atom. The maximum absolute atomic E-state index is 12.2. The molecule has 0 saturated heterocycles. The minimum atomic E-state index is -4.22. The molecule has 25 heavy (non-hydrogen) atoms.